The van der Waals surface area contributed by atoms with Gasteiger partial charge in [-0.3, -0.25) is 0 Å². The van der Waals surface area contributed by atoms with E-state index in [4.69, 9.17) is 34.8 Å². The van der Waals surface area contributed by atoms with Crippen molar-refractivity contribution in [3.05, 3.63) is 68.2 Å². The smallest absolute Gasteiger partial charge is 0.0606 e. The molecule has 1 N–H and O–H groups in total. The van der Waals surface area contributed by atoms with E-state index in [0.29, 0.717) is 10.0 Å². The van der Waals surface area contributed by atoms with Gasteiger partial charge in [-0.2, -0.15) is 0 Å². The van der Waals surface area contributed by atoms with E-state index >= 15 is 0 Å². The fourth-order valence-electron chi connectivity index (χ4n) is 2.19. The Labute approximate surface area is 134 Å². The highest BCUT2D eigenvalue weighted by Crippen LogP contribution is 2.34. The Bertz CT molecular complexity index is 611. The first-order valence-electron chi connectivity index (χ1n) is 6.47. The summed E-state index contributed by atoms with van der Waals surface area (Å²) in [5.41, 5.74) is 3.07. The summed E-state index contributed by atoms with van der Waals surface area (Å²) in [4.78, 5) is 0. The maximum atomic E-state index is 6.39. The highest BCUT2D eigenvalue weighted by atomic mass is 35.5. The lowest BCUT2D eigenvalue weighted by Crippen LogP contribution is -2.22. The Hall–Kier alpha value is -0.730. The molecule has 0 heterocycles. The standard InChI is InChI=1S/C16H16Cl3N/c1-3-20-16(12-6-4-10(2)8-15(12)19)13-9-11(17)5-7-14(13)18/h4-9,16,20H,3H2,1-2H3. The van der Waals surface area contributed by atoms with Gasteiger partial charge in [-0.05, 0) is 54.4 Å². The molecule has 2 rings (SSSR count). The molecule has 4 heteroatoms. The lowest BCUT2D eigenvalue weighted by Gasteiger charge is -2.22. The number of nitrogens with one attached hydrogen (secondary N) is 1. The van der Waals surface area contributed by atoms with E-state index < -0.39 is 0 Å². The second-order valence-corrected chi connectivity index (χ2v) is 5.93. The molecule has 0 aliphatic heterocycles. The van der Waals surface area contributed by atoms with Crippen LogP contribution in [0.4, 0.5) is 0 Å². The third-order valence-corrected chi connectivity index (χ3v) is 4.05. The highest BCUT2D eigenvalue weighted by Gasteiger charge is 2.19. The molecule has 20 heavy (non-hydrogen) atoms. The van der Waals surface area contributed by atoms with Gasteiger partial charge in [0.1, 0.15) is 0 Å². The van der Waals surface area contributed by atoms with Crippen LogP contribution in [0.2, 0.25) is 15.1 Å². The summed E-state index contributed by atoms with van der Waals surface area (Å²) in [6, 6.07) is 11.4. The van der Waals surface area contributed by atoms with Crippen molar-refractivity contribution in [2.75, 3.05) is 6.54 Å². The van der Waals surface area contributed by atoms with Crippen molar-refractivity contribution in [1.29, 1.82) is 0 Å². The molecular weight excluding hydrogens is 313 g/mol. The lowest BCUT2D eigenvalue weighted by atomic mass is 9.97. The molecule has 0 aliphatic carbocycles. The van der Waals surface area contributed by atoms with Crippen LogP contribution in [-0.4, -0.2) is 6.54 Å². The summed E-state index contributed by atoms with van der Waals surface area (Å²) in [6.45, 7) is 4.87. The lowest BCUT2D eigenvalue weighted by molar-refractivity contribution is 0.631. The van der Waals surface area contributed by atoms with Crippen LogP contribution in [-0.2, 0) is 0 Å². The maximum Gasteiger partial charge on any atom is 0.0606 e. The van der Waals surface area contributed by atoms with Crippen LogP contribution in [0.15, 0.2) is 36.4 Å². The van der Waals surface area contributed by atoms with Crippen molar-refractivity contribution >= 4 is 34.8 Å². The molecule has 0 spiro atoms. The van der Waals surface area contributed by atoms with Crippen molar-refractivity contribution < 1.29 is 0 Å². The van der Waals surface area contributed by atoms with Gasteiger partial charge in [0.15, 0.2) is 0 Å². The third kappa shape index (κ3) is 3.48. The van der Waals surface area contributed by atoms with Crippen LogP contribution in [0.5, 0.6) is 0 Å². The predicted molar refractivity (Wildman–Crippen MR) is 88.2 cm³/mol. The summed E-state index contributed by atoms with van der Waals surface area (Å²) in [5.74, 6) is 0. The van der Waals surface area contributed by atoms with E-state index in [0.717, 1.165) is 28.3 Å². The summed E-state index contributed by atoms with van der Waals surface area (Å²) >= 11 is 18.8. The van der Waals surface area contributed by atoms with Crippen LogP contribution in [0.3, 0.4) is 0 Å². The van der Waals surface area contributed by atoms with Gasteiger partial charge in [0.25, 0.3) is 0 Å². The van der Waals surface area contributed by atoms with Crippen molar-refractivity contribution in [2.45, 2.75) is 19.9 Å². The monoisotopic (exact) mass is 327 g/mol. The second-order valence-electron chi connectivity index (χ2n) is 4.68. The molecule has 106 valence electrons. The first-order chi connectivity index (χ1) is 9.52. The van der Waals surface area contributed by atoms with Gasteiger partial charge in [-0.15, -0.1) is 0 Å². The molecule has 2 aromatic rings. The molecule has 0 amide bonds. The minimum atomic E-state index is -0.0701. The van der Waals surface area contributed by atoms with Crippen LogP contribution in [0, 0.1) is 6.92 Å². The molecule has 0 radical (unpaired) electrons. The first kappa shape index (κ1) is 15.7. The van der Waals surface area contributed by atoms with Crippen molar-refractivity contribution in [1.82, 2.24) is 5.32 Å². The Morgan fingerprint density at radius 1 is 0.950 bits per heavy atom. The van der Waals surface area contributed by atoms with E-state index in [9.17, 15) is 0 Å². The van der Waals surface area contributed by atoms with Crippen LogP contribution in [0.1, 0.15) is 29.7 Å². The topological polar surface area (TPSA) is 12.0 Å². The van der Waals surface area contributed by atoms with Gasteiger partial charge in [0, 0.05) is 15.1 Å². The summed E-state index contributed by atoms with van der Waals surface area (Å²) in [7, 11) is 0. The fourth-order valence-corrected chi connectivity index (χ4v) is 2.95. The Morgan fingerprint density at radius 2 is 1.70 bits per heavy atom. The van der Waals surface area contributed by atoms with Crippen LogP contribution < -0.4 is 5.32 Å². The Balaban J connectivity index is 2.53. The first-order valence-corrected chi connectivity index (χ1v) is 7.60. The Morgan fingerprint density at radius 3 is 2.35 bits per heavy atom. The van der Waals surface area contributed by atoms with Crippen LogP contribution in [0.25, 0.3) is 0 Å². The minimum Gasteiger partial charge on any atom is -0.306 e. The van der Waals surface area contributed by atoms with Crippen LogP contribution >= 0.6 is 34.8 Å². The molecule has 0 fully saturated rings. The highest BCUT2D eigenvalue weighted by molar-refractivity contribution is 6.34. The predicted octanol–water partition coefficient (Wildman–Crippen LogP) is 5.65. The zero-order chi connectivity index (χ0) is 14.7. The normalized spacial score (nSPS) is 12.4. The summed E-state index contributed by atoms with van der Waals surface area (Å²) < 4.78 is 0. The quantitative estimate of drug-likeness (QED) is 0.764. The number of rotatable bonds is 4. The van der Waals surface area contributed by atoms with Crippen molar-refractivity contribution in [3.63, 3.8) is 0 Å². The molecule has 1 atom stereocenters. The molecule has 0 aliphatic rings. The van der Waals surface area contributed by atoms with E-state index in [1.807, 2.05) is 44.2 Å². The second kappa shape index (κ2) is 6.82. The van der Waals surface area contributed by atoms with E-state index in [1.54, 1.807) is 6.07 Å². The number of hydrogen-bond donors (Lipinski definition) is 1. The van der Waals surface area contributed by atoms with Crippen molar-refractivity contribution in [3.8, 4) is 0 Å². The van der Waals surface area contributed by atoms with E-state index in [1.165, 1.54) is 0 Å². The molecule has 2 aromatic carbocycles. The van der Waals surface area contributed by atoms with E-state index in [2.05, 4.69) is 5.32 Å². The summed E-state index contributed by atoms with van der Waals surface area (Å²) in [6.07, 6.45) is 0. The largest absolute Gasteiger partial charge is 0.306 e. The molecule has 0 bridgehead atoms. The van der Waals surface area contributed by atoms with E-state index in [-0.39, 0.29) is 6.04 Å². The molecule has 0 saturated carbocycles. The molecule has 0 aromatic heterocycles. The SMILES string of the molecule is CCNC(c1ccc(C)cc1Cl)c1cc(Cl)ccc1Cl. The molecular formula is C16H16Cl3N. The average molecular weight is 329 g/mol. The molecule has 1 unspecified atom stereocenters. The fraction of sp³-hybridized carbons (Fsp3) is 0.250. The number of aryl methyl sites for hydroxylation is 1. The molecule has 0 saturated heterocycles. The average Bonchev–Trinajstić information content (AvgIpc) is 2.40. The van der Waals surface area contributed by atoms with Gasteiger partial charge >= 0.3 is 0 Å². The van der Waals surface area contributed by atoms with Gasteiger partial charge in [-0.1, -0.05) is 53.9 Å². The zero-order valence-corrected chi connectivity index (χ0v) is 13.7. The summed E-state index contributed by atoms with van der Waals surface area (Å²) in [5, 5.41) is 5.49. The minimum absolute atomic E-state index is 0.0701. The Kier molecular flexibility index (Phi) is 5.34. The number of hydrogen-bond acceptors (Lipinski definition) is 1. The number of halogens is 3. The van der Waals surface area contributed by atoms with Gasteiger partial charge in [0.05, 0.1) is 6.04 Å². The zero-order valence-electron chi connectivity index (χ0n) is 11.4. The van der Waals surface area contributed by atoms with Crippen molar-refractivity contribution in [2.24, 2.45) is 0 Å². The maximum absolute atomic E-state index is 6.39. The van der Waals surface area contributed by atoms with Gasteiger partial charge in [0.2, 0.25) is 0 Å². The van der Waals surface area contributed by atoms with Gasteiger partial charge in [-0.25, -0.2) is 0 Å². The third-order valence-electron chi connectivity index (χ3n) is 3.14. The molecule has 1 nitrogen and oxygen atoms in total. The van der Waals surface area contributed by atoms with Gasteiger partial charge < -0.3 is 5.32 Å². The number of benzene rings is 2.